The summed E-state index contributed by atoms with van der Waals surface area (Å²) in [6.07, 6.45) is 1.65. The van der Waals surface area contributed by atoms with Crippen molar-refractivity contribution in [1.29, 1.82) is 0 Å². The lowest BCUT2D eigenvalue weighted by Gasteiger charge is -2.14. The Morgan fingerprint density at radius 2 is 1.83 bits per heavy atom. The third-order valence-electron chi connectivity index (χ3n) is 4.92. The summed E-state index contributed by atoms with van der Waals surface area (Å²) in [5.41, 5.74) is 4.01. The lowest BCUT2D eigenvalue weighted by molar-refractivity contribution is -0.678. The third kappa shape index (κ3) is 4.50. The number of anilines is 1. The molecule has 4 rings (SSSR count). The zero-order chi connectivity index (χ0) is 20.9. The first kappa shape index (κ1) is 19.7. The summed E-state index contributed by atoms with van der Waals surface area (Å²) < 4.78 is 7.37. The standard InChI is InChI=1S/C24H24N4O2/c1-17-10-12-20(13-11-17)28-22(15-18(2)27-28)26-23(29)16-25-24(21-9-6-14-30-21)19-7-4-3-5-8-19/h3-15,24-25H,16H2,1-2H3,(H,26,29)/p+1/t24-/m1/s1. The summed E-state index contributed by atoms with van der Waals surface area (Å²) in [7, 11) is 0. The molecule has 30 heavy (non-hydrogen) atoms. The molecule has 0 aliphatic carbocycles. The van der Waals surface area contributed by atoms with Gasteiger partial charge in [-0.3, -0.25) is 4.79 Å². The highest BCUT2D eigenvalue weighted by Crippen LogP contribution is 2.19. The molecule has 0 saturated heterocycles. The van der Waals surface area contributed by atoms with Crippen LogP contribution < -0.4 is 10.6 Å². The average Bonchev–Trinajstić information content (AvgIpc) is 3.40. The molecule has 0 bridgehead atoms. The smallest absolute Gasteiger partial charge is 0.280 e. The van der Waals surface area contributed by atoms with Gasteiger partial charge in [-0.15, -0.1) is 0 Å². The van der Waals surface area contributed by atoms with E-state index < -0.39 is 0 Å². The van der Waals surface area contributed by atoms with E-state index in [-0.39, 0.29) is 18.5 Å². The van der Waals surface area contributed by atoms with E-state index in [0.717, 1.165) is 22.7 Å². The van der Waals surface area contributed by atoms with Gasteiger partial charge in [-0.1, -0.05) is 48.0 Å². The second-order valence-electron chi connectivity index (χ2n) is 7.31. The molecular weight excluding hydrogens is 376 g/mol. The Balaban J connectivity index is 1.48. The van der Waals surface area contributed by atoms with Gasteiger partial charge in [0, 0.05) is 11.6 Å². The van der Waals surface area contributed by atoms with E-state index in [1.54, 1.807) is 10.9 Å². The SMILES string of the molecule is Cc1ccc(-n2nc(C)cc2NC(=O)C[NH2+][C@H](c2ccccc2)c2ccco2)cc1. The number of hydrogen-bond acceptors (Lipinski definition) is 3. The number of aromatic nitrogens is 2. The minimum Gasteiger partial charge on any atom is -0.463 e. The van der Waals surface area contributed by atoms with Crippen molar-refractivity contribution in [2.45, 2.75) is 19.9 Å². The molecule has 0 aliphatic heterocycles. The number of nitrogens with two attached hydrogens (primary N) is 1. The molecule has 152 valence electrons. The van der Waals surface area contributed by atoms with Crippen LogP contribution in [0.2, 0.25) is 0 Å². The lowest BCUT2D eigenvalue weighted by Crippen LogP contribution is -2.87. The zero-order valence-electron chi connectivity index (χ0n) is 17.1. The van der Waals surface area contributed by atoms with Crippen LogP contribution in [0, 0.1) is 13.8 Å². The summed E-state index contributed by atoms with van der Waals surface area (Å²) >= 11 is 0. The van der Waals surface area contributed by atoms with Crippen LogP contribution in [0.25, 0.3) is 5.69 Å². The van der Waals surface area contributed by atoms with Gasteiger partial charge in [-0.05, 0) is 38.1 Å². The number of benzene rings is 2. The lowest BCUT2D eigenvalue weighted by atomic mass is 10.0. The van der Waals surface area contributed by atoms with E-state index in [2.05, 4.69) is 10.4 Å². The molecular formula is C24H25N4O2+. The summed E-state index contributed by atoms with van der Waals surface area (Å²) in [5.74, 6) is 1.37. The molecule has 4 aromatic rings. The van der Waals surface area contributed by atoms with E-state index in [1.165, 1.54) is 5.56 Å². The minimum atomic E-state index is -0.101. The maximum absolute atomic E-state index is 12.8. The molecule has 0 aliphatic rings. The molecule has 2 aromatic heterocycles. The van der Waals surface area contributed by atoms with Crippen LogP contribution in [0.15, 0.2) is 83.5 Å². The zero-order valence-corrected chi connectivity index (χ0v) is 17.1. The number of nitrogens with one attached hydrogen (secondary N) is 1. The number of nitrogens with zero attached hydrogens (tertiary/aromatic N) is 2. The van der Waals surface area contributed by atoms with E-state index in [1.807, 2.05) is 92.0 Å². The maximum Gasteiger partial charge on any atom is 0.280 e. The summed E-state index contributed by atoms with van der Waals surface area (Å²) in [6.45, 7) is 4.20. The topological polar surface area (TPSA) is 76.7 Å². The largest absolute Gasteiger partial charge is 0.463 e. The Labute approximate surface area is 175 Å². The van der Waals surface area contributed by atoms with Crippen molar-refractivity contribution in [3.05, 3.63) is 102 Å². The van der Waals surface area contributed by atoms with Gasteiger partial charge in [-0.25, -0.2) is 4.68 Å². The van der Waals surface area contributed by atoms with Crippen LogP contribution in [-0.4, -0.2) is 22.2 Å². The molecule has 0 radical (unpaired) electrons. The Hall–Kier alpha value is -3.64. The number of carbonyl (C=O) groups is 1. The quantitative estimate of drug-likeness (QED) is 0.498. The Kier molecular flexibility index (Phi) is 5.77. The fourth-order valence-electron chi connectivity index (χ4n) is 3.44. The highest BCUT2D eigenvalue weighted by Gasteiger charge is 2.22. The number of quaternary nitrogens is 1. The van der Waals surface area contributed by atoms with E-state index in [9.17, 15) is 4.79 Å². The van der Waals surface area contributed by atoms with Crippen LogP contribution in [-0.2, 0) is 4.79 Å². The first-order chi connectivity index (χ1) is 14.6. The van der Waals surface area contributed by atoms with Crippen LogP contribution >= 0.6 is 0 Å². The molecule has 0 unspecified atom stereocenters. The molecule has 2 heterocycles. The van der Waals surface area contributed by atoms with Crippen LogP contribution in [0.5, 0.6) is 0 Å². The second-order valence-corrected chi connectivity index (χ2v) is 7.31. The van der Waals surface area contributed by atoms with Crippen LogP contribution in [0.4, 0.5) is 5.82 Å². The molecule has 0 spiro atoms. The van der Waals surface area contributed by atoms with E-state index >= 15 is 0 Å². The van der Waals surface area contributed by atoms with E-state index in [4.69, 9.17) is 4.42 Å². The minimum absolute atomic E-state index is 0.0873. The van der Waals surface area contributed by atoms with Gasteiger partial charge in [0.05, 0.1) is 17.6 Å². The van der Waals surface area contributed by atoms with Crippen molar-refractivity contribution in [3.8, 4) is 5.69 Å². The molecule has 2 aromatic carbocycles. The number of amides is 1. The van der Waals surface area contributed by atoms with Crippen molar-refractivity contribution >= 4 is 11.7 Å². The molecule has 6 heteroatoms. The van der Waals surface area contributed by atoms with Gasteiger partial charge in [0.1, 0.15) is 5.82 Å². The first-order valence-corrected chi connectivity index (χ1v) is 9.95. The third-order valence-corrected chi connectivity index (χ3v) is 4.92. The van der Waals surface area contributed by atoms with Gasteiger partial charge in [-0.2, -0.15) is 5.10 Å². The first-order valence-electron chi connectivity index (χ1n) is 9.95. The van der Waals surface area contributed by atoms with Gasteiger partial charge in [0.25, 0.3) is 5.91 Å². The summed E-state index contributed by atoms with van der Waals surface area (Å²) in [6, 6.07) is 23.7. The molecule has 1 amide bonds. The predicted octanol–water partition coefficient (Wildman–Crippen LogP) is 3.37. The van der Waals surface area contributed by atoms with Crippen molar-refractivity contribution in [3.63, 3.8) is 0 Å². The van der Waals surface area contributed by atoms with Gasteiger partial charge in [0.15, 0.2) is 18.3 Å². The molecule has 1 atom stereocenters. The predicted molar refractivity (Wildman–Crippen MR) is 115 cm³/mol. The number of rotatable bonds is 7. The molecule has 0 saturated carbocycles. The highest BCUT2D eigenvalue weighted by molar-refractivity contribution is 5.90. The number of aryl methyl sites for hydroxylation is 2. The van der Waals surface area contributed by atoms with Gasteiger partial charge in [0.2, 0.25) is 0 Å². The van der Waals surface area contributed by atoms with Gasteiger partial charge < -0.3 is 15.1 Å². The van der Waals surface area contributed by atoms with Crippen molar-refractivity contribution < 1.29 is 14.5 Å². The number of hydrogen-bond donors (Lipinski definition) is 2. The normalized spacial score (nSPS) is 11.9. The van der Waals surface area contributed by atoms with Gasteiger partial charge >= 0.3 is 0 Å². The second kappa shape index (κ2) is 8.80. The van der Waals surface area contributed by atoms with Crippen LogP contribution in [0.3, 0.4) is 0 Å². The van der Waals surface area contributed by atoms with Crippen molar-refractivity contribution in [2.24, 2.45) is 0 Å². The van der Waals surface area contributed by atoms with Crippen molar-refractivity contribution in [1.82, 2.24) is 9.78 Å². The molecule has 3 N–H and O–H groups in total. The summed E-state index contributed by atoms with van der Waals surface area (Å²) in [5, 5.41) is 9.50. The fraction of sp³-hybridized carbons (Fsp3) is 0.167. The highest BCUT2D eigenvalue weighted by atomic mass is 16.3. The monoisotopic (exact) mass is 401 g/mol. The van der Waals surface area contributed by atoms with Crippen molar-refractivity contribution in [2.75, 3.05) is 11.9 Å². The average molecular weight is 401 g/mol. The molecule has 0 fully saturated rings. The van der Waals surface area contributed by atoms with Crippen LogP contribution in [0.1, 0.15) is 28.6 Å². The number of carbonyl (C=O) groups excluding carboxylic acids is 1. The Morgan fingerprint density at radius 1 is 1.07 bits per heavy atom. The Bertz CT molecular complexity index is 1100. The Morgan fingerprint density at radius 3 is 2.53 bits per heavy atom. The van der Waals surface area contributed by atoms with E-state index in [0.29, 0.717) is 5.82 Å². The molecule has 6 nitrogen and oxygen atoms in total. The summed E-state index contributed by atoms with van der Waals surface area (Å²) in [4.78, 5) is 12.8. The fourth-order valence-corrected chi connectivity index (χ4v) is 3.44. The number of furan rings is 1. The maximum atomic E-state index is 12.8.